The molecule has 5 heterocycles. The van der Waals surface area contributed by atoms with Crippen LogP contribution in [0, 0.1) is 0 Å². The van der Waals surface area contributed by atoms with E-state index in [2.05, 4.69) is 26.6 Å². The van der Waals surface area contributed by atoms with Crippen LogP contribution in [0.25, 0.3) is 0 Å². The van der Waals surface area contributed by atoms with Crippen LogP contribution in [0.2, 0.25) is 0 Å². The van der Waals surface area contributed by atoms with Gasteiger partial charge in [-0.05, 0) is 119 Å². The minimum absolute atomic E-state index is 0.0752. The molecule has 0 radical (unpaired) electrons. The highest BCUT2D eigenvalue weighted by Gasteiger charge is 2.63. The molecule has 0 atom stereocenters. The van der Waals surface area contributed by atoms with Gasteiger partial charge in [-0.25, -0.2) is 0 Å². The van der Waals surface area contributed by atoms with Gasteiger partial charge in [0.25, 0.3) is 11.8 Å². The lowest BCUT2D eigenvalue weighted by Crippen LogP contribution is -2.41. The van der Waals surface area contributed by atoms with Gasteiger partial charge in [-0.2, -0.15) is 0 Å². The van der Waals surface area contributed by atoms with Crippen LogP contribution in [0.4, 0.5) is 0 Å². The Morgan fingerprint density at radius 3 is 1.33 bits per heavy atom. The quantitative estimate of drug-likeness (QED) is 0.405. The van der Waals surface area contributed by atoms with Gasteiger partial charge in [0.2, 0.25) is 0 Å². The van der Waals surface area contributed by atoms with Gasteiger partial charge >= 0.3 is 21.1 Å². The monoisotopic (exact) mass is 784 g/mol. The molecule has 3 saturated heterocycles. The first-order valence-electron chi connectivity index (χ1n) is 17.8. The summed E-state index contributed by atoms with van der Waals surface area (Å²) in [6.45, 7) is 26.3. The van der Waals surface area contributed by atoms with Crippen LogP contribution in [0.3, 0.4) is 0 Å². The summed E-state index contributed by atoms with van der Waals surface area (Å²) in [5.74, 6) is 1.05. The van der Waals surface area contributed by atoms with E-state index < -0.39 is 32.3 Å². The summed E-state index contributed by atoms with van der Waals surface area (Å²) < 4.78 is 47.7. The number of ether oxygens (including phenoxy) is 2. The number of hydrogen-bond donors (Lipinski definition) is 2. The van der Waals surface area contributed by atoms with Crippen molar-refractivity contribution in [2.45, 2.75) is 117 Å². The maximum absolute atomic E-state index is 12.1. The standard InChI is InChI=1S/C15H20BNO4.C12H24B2O4.C9H8BrNO2/c1-14(2)15(3,4)21-16(20-14)10-5-6-12-11(9-10)13(18)17-7-8-19-12;1-9(2)10(3,4)16-13(15-9)14-17-11(5,6)12(7,8)18-14;10-6-1-2-8-7(5-6)9(12)11-3-4-13-8/h5-6,9H,7-8H2,1-4H3,(H,17,18);1-8H3;1-2,5H,3-4H2,(H,11,12). The fraction of sp³-hybridized carbons (Fsp3) is 0.611. The molecule has 0 unspecified atom stereocenters. The number of carbonyl (C=O) groups is 2. The van der Waals surface area contributed by atoms with Crippen LogP contribution in [-0.4, -0.2) is 92.9 Å². The van der Waals surface area contributed by atoms with Crippen LogP contribution in [-0.2, 0) is 27.9 Å². The molecular weight excluding hydrogens is 733 g/mol. The van der Waals surface area contributed by atoms with Crippen LogP contribution in [0.15, 0.2) is 40.9 Å². The maximum Gasteiger partial charge on any atom is 0.494 e. The SMILES string of the molecule is CC1(C)OB(B2OC(C)(C)C(C)(C)O2)OC1(C)C.CC1(C)OB(c2ccc3c(c2)C(=O)NCCO3)OC1(C)C.O=C1NCCOc2ccc(Br)cc21. The van der Waals surface area contributed by atoms with Gasteiger partial charge in [-0.3, -0.25) is 9.59 Å². The third-order valence-electron chi connectivity index (χ3n) is 11.0. The minimum Gasteiger partial charge on any atom is -0.491 e. The first-order valence-corrected chi connectivity index (χ1v) is 18.6. The molecule has 2 amide bonds. The number of fused-ring (bicyclic) bond motifs is 2. The van der Waals surface area contributed by atoms with E-state index in [0.717, 1.165) is 9.94 Å². The van der Waals surface area contributed by atoms with Crippen molar-refractivity contribution in [2.24, 2.45) is 0 Å². The lowest BCUT2D eigenvalue weighted by atomic mass is 9.49. The van der Waals surface area contributed by atoms with E-state index >= 15 is 0 Å². The lowest BCUT2D eigenvalue weighted by Gasteiger charge is -2.32. The number of halogens is 1. The van der Waals surface area contributed by atoms with E-state index in [1.807, 2.05) is 95.2 Å². The Morgan fingerprint density at radius 1 is 0.538 bits per heavy atom. The second kappa shape index (κ2) is 14.6. The summed E-state index contributed by atoms with van der Waals surface area (Å²) in [4.78, 5) is 23.5. The first-order chi connectivity index (χ1) is 24.0. The third-order valence-corrected chi connectivity index (χ3v) is 11.5. The van der Waals surface area contributed by atoms with Gasteiger partial charge in [-0.1, -0.05) is 22.0 Å². The molecule has 0 aliphatic carbocycles. The van der Waals surface area contributed by atoms with Crippen LogP contribution in [0.5, 0.6) is 11.5 Å². The highest BCUT2D eigenvalue weighted by atomic mass is 79.9. The molecule has 2 aromatic rings. The predicted octanol–water partition coefficient (Wildman–Crippen LogP) is 4.93. The molecule has 0 saturated carbocycles. The van der Waals surface area contributed by atoms with Gasteiger partial charge in [-0.15, -0.1) is 0 Å². The molecule has 0 aromatic heterocycles. The number of rotatable bonds is 2. The number of nitrogens with one attached hydrogen (secondary N) is 2. The molecular formula is C36H52B3BrN2O10. The topological polar surface area (TPSA) is 132 Å². The Kier molecular flexibility index (Phi) is 11.4. The second-order valence-corrected chi connectivity index (χ2v) is 17.4. The Labute approximate surface area is 317 Å². The van der Waals surface area contributed by atoms with Gasteiger partial charge in [0.05, 0.1) is 57.8 Å². The summed E-state index contributed by atoms with van der Waals surface area (Å²) in [6.07, 6.45) is 0. The highest BCUT2D eigenvalue weighted by molar-refractivity contribution is 9.10. The molecule has 16 heteroatoms. The number of benzene rings is 2. The number of amides is 2. The highest BCUT2D eigenvalue weighted by Crippen LogP contribution is 2.43. The number of carbonyl (C=O) groups excluding carboxylic acids is 2. The van der Waals surface area contributed by atoms with Crippen molar-refractivity contribution in [2.75, 3.05) is 26.3 Å². The molecule has 2 aromatic carbocycles. The summed E-state index contributed by atoms with van der Waals surface area (Å²) in [5.41, 5.74) is -0.294. The summed E-state index contributed by atoms with van der Waals surface area (Å²) >= 11 is 3.31. The van der Waals surface area contributed by atoms with Gasteiger partial charge in [0, 0.05) is 4.47 Å². The predicted molar refractivity (Wildman–Crippen MR) is 204 cm³/mol. The van der Waals surface area contributed by atoms with Crippen molar-refractivity contribution < 1.29 is 47.0 Å². The second-order valence-electron chi connectivity index (χ2n) is 16.4. The molecule has 0 bridgehead atoms. The smallest absolute Gasteiger partial charge is 0.491 e. The maximum atomic E-state index is 12.1. The molecule has 12 nitrogen and oxygen atoms in total. The van der Waals surface area contributed by atoms with Crippen LogP contribution in [0.1, 0.15) is 104 Å². The van der Waals surface area contributed by atoms with Crippen LogP contribution < -0.4 is 25.6 Å². The molecule has 282 valence electrons. The molecule has 5 aliphatic heterocycles. The number of hydrogen-bond acceptors (Lipinski definition) is 10. The summed E-state index contributed by atoms with van der Waals surface area (Å²) in [6, 6.07) is 10.9. The Bertz CT molecular complexity index is 1590. The Morgan fingerprint density at radius 2 is 0.904 bits per heavy atom. The average Bonchev–Trinajstić information content (AvgIpc) is 3.33. The Balaban J connectivity index is 0.000000155. The van der Waals surface area contributed by atoms with E-state index in [4.69, 9.17) is 37.4 Å². The molecule has 5 aliphatic rings. The molecule has 3 fully saturated rings. The van der Waals surface area contributed by atoms with Crippen LogP contribution >= 0.6 is 15.9 Å². The zero-order chi connectivity index (χ0) is 38.5. The lowest BCUT2D eigenvalue weighted by molar-refractivity contribution is 0.00578. The Hall–Kier alpha value is -2.59. The molecule has 52 heavy (non-hydrogen) atoms. The van der Waals surface area contributed by atoms with E-state index in [0.29, 0.717) is 48.9 Å². The van der Waals surface area contributed by atoms with Crippen molar-refractivity contribution >= 4 is 54.3 Å². The van der Waals surface area contributed by atoms with E-state index in [-0.39, 0.29) is 34.2 Å². The molecule has 2 N–H and O–H groups in total. The summed E-state index contributed by atoms with van der Waals surface area (Å²) in [7, 11) is -1.43. The van der Waals surface area contributed by atoms with E-state index in [1.54, 1.807) is 24.3 Å². The van der Waals surface area contributed by atoms with E-state index in [1.165, 1.54) is 0 Å². The zero-order valence-electron chi connectivity index (χ0n) is 32.5. The van der Waals surface area contributed by atoms with Crippen molar-refractivity contribution in [3.8, 4) is 11.5 Å². The average molecular weight is 785 g/mol. The van der Waals surface area contributed by atoms with Crippen molar-refractivity contribution in [1.29, 1.82) is 0 Å². The minimum atomic E-state index is -0.476. The van der Waals surface area contributed by atoms with Crippen molar-refractivity contribution in [1.82, 2.24) is 10.6 Å². The summed E-state index contributed by atoms with van der Waals surface area (Å²) in [5, 5.41) is 5.55. The zero-order valence-corrected chi connectivity index (χ0v) is 34.1. The third kappa shape index (κ3) is 8.38. The largest absolute Gasteiger partial charge is 0.494 e. The van der Waals surface area contributed by atoms with Gasteiger partial charge in [0.1, 0.15) is 24.7 Å². The molecule has 7 rings (SSSR count). The van der Waals surface area contributed by atoms with E-state index in [9.17, 15) is 9.59 Å². The fourth-order valence-electron chi connectivity index (χ4n) is 5.62. The van der Waals surface area contributed by atoms with Crippen molar-refractivity contribution in [3.05, 3.63) is 52.0 Å². The van der Waals surface area contributed by atoms with Gasteiger partial charge in [0.15, 0.2) is 0 Å². The van der Waals surface area contributed by atoms with Gasteiger partial charge < -0.3 is 48.0 Å². The van der Waals surface area contributed by atoms with Crippen molar-refractivity contribution in [3.63, 3.8) is 0 Å². The first kappa shape index (κ1) is 40.6. The molecule has 0 spiro atoms. The fourth-order valence-corrected chi connectivity index (χ4v) is 5.98. The normalized spacial score (nSPS) is 24.2.